The Morgan fingerprint density at radius 2 is 1.25 bits per heavy atom. The van der Waals surface area contributed by atoms with Gasteiger partial charge in [-0.05, 0) is 32.1 Å². The zero-order chi connectivity index (χ0) is 15.4. The normalized spacial score (nSPS) is 15.2. The van der Waals surface area contributed by atoms with Crippen LogP contribution in [0.15, 0.2) is 0 Å². The van der Waals surface area contributed by atoms with Gasteiger partial charge in [-0.25, -0.2) is 0 Å². The van der Waals surface area contributed by atoms with Gasteiger partial charge in [-0.3, -0.25) is 4.55 Å². The molecular weight excluding hydrogens is 276 g/mol. The minimum absolute atomic E-state index is 0.334. The summed E-state index contributed by atoms with van der Waals surface area (Å²) in [5.74, 6) is 0. The van der Waals surface area contributed by atoms with Crippen LogP contribution in [0.5, 0.6) is 0 Å². The molecule has 0 radical (unpaired) electrons. The van der Waals surface area contributed by atoms with E-state index in [4.69, 9.17) is 0 Å². The number of aliphatic hydroxyl groups excluding tert-OH is 1. The summed E-state index contributed by atoms with van der Waals surface area (Å²) in [6.45, 7) is 4.19. The first-order valence-electron chi connectivity index (χ1n) is 8.06. The highest BCUT2D eigenvalue weighted by Gasteiger charge is 2.22. The standard InChI is InChI=1S/C15H32O4S/c1-3-5-7-10-14(16)11-9-13-15(20(17,18)19)12-8-6-4-2/h14-16H,3-13H2,1-2H3,(H,17,18,19). The van der Waals surface area contributed by atoms with Crippen LogP contribution < -0.4 is 0 Å². The Labute approximate surface area is 124 Å². The smallest absolute Gasteiger partial charge is 0.267 e. The maximum absolute atomic E-state index is 11.3. The molecule has 0 bridgehead atoms. The fourth-order valence-electron chi connectivity index (χ4n) is 2.42. The molecule has 5 heteroatoms. The fourth-order valence-corrected chi connectivity index (χ4v) is 3.35. The Bertz CT molecular complexity index is 314. The van der Waals surface area contributed by atoms with Crippen LogP contribution >= 0.6 is 0 Å². The molecule has 0 aliphatic carbocycles. The minimum atomic E-state index is -3.95. The first kappa shape index (κ1) is 19.9. The van der Waals surface area contributed by atoms with Crippen molar-refractivity contribution in [2.24, 2.45) is 0 Å². The van der Waals surface area contributed by atoms with E-state index in [9.17, 15) is 18.1 Å². The van der Waals surface area contributed by atoms with Gasteiger partial charge in [-0.15, -0.1) is 0 Å². The molecule has 0 aromatic carbocycles. The molecule has 0 saturated heterocycles. The highest BCUT2D eigenvalue weighted by molar-refractivity contribution is 7.86. The number of hydrogen-bond acceptors (Lipinski definition) is 3. The van der Waals surface area contributed by atoms with Crippen molar-refractivity contribution in [3.8, 4) is 0 Å². The van der Waals surface area contributed by atoms with Crippen molar-refractivity contribution < 1.29 is 18.1 Å². The summed E-state index contributed by atoms with van der Waals surface area (Å²) >= 11 is 0. The topological polar surface area (TPSA) is 74.6 Å². The van der Waals surface area contributed by atoms with Gasteiger partial charge in [0.2, 0.25) is 0 Å². The highest BCUT2D eigenvalue weighted by Crippen LogP contribution is 2.18. The van der Waals surface area contributed by atoms with E-state index in [1.807, 2.05) is 0 Å². The summed E-state index contributed by atoms with van der Waals surface area (Å²) in [6.07, 6.45) is 8.87. The van der Waals surface area contributed by atoms with Crippen LogP contribution in [-0.4, -0.2) is 29.4 Å². The predicted molar refractivity (Wildman–Crippen MR) is 83.5 cm³/mol. The summed E-state index contributed by atoms with van der Waals surface area (Å²) in [5, 5.41) is 9.14. The van der Waals surface area contributed by atoms with Crippen LogP contribution in [0.3, 0.4) is 0 Å². The summed E-state index contributed by atoms with van der Waals surface area (Å²) in [5.41, 5.74) is 0. The monoisotopic (exact) mass is 308 g/mol. The lowest BCUT2D eigenvalue weighted by molar-refractivity contribution is 0.147. The van der Waals surface area contributed by atoms with Gasteiger partial charge in [0.1, 0.15) is 0 Å². The van der Waals surface area contributed by atoms with E-state index in [2.05, 4.69) is 13.8 Å². The van der Waals surface area contributed by atoms with Gasteiger partial charge < -0.3 is 5.11 Å². The summed E-state index contributed by atoms with van der Waals surface area (Å²) in [7, 11) is -3.95. The van der Waals surface area contributed by atoms with Gasteiger partial charge in [0.25, 0.3) is 10.1 Å². The first-order valence-corrected chi connectivity index (χ1v) is 9.56. The van der Waals surface area contributed by atoms with Gasteiger partial charge in [0.05, 0.1) is 11.4 Å². The molecule has 20 heavy (non-hydrogen) atoms. The molecule has 2 N–H and O–H groups in total. The van der Waals surface area contributed by atoms with Crippen LogP contribution in [0.1, 0.15) is 84.5 Å². The lowest BCUT2D eigenvalue weighted by Crippen LogP contribution is -2.21. The molecule has 0 heterocycles. The van der Waals surface area contributed by atoms with Gasteiger partial charge in [-0.1, -0.05) is 52.4 Å². The molecule has 0 saturated carbocycles. The van der Waals surface area contributed by atoms with E-state index in [1.54, 1.807) is 0 Å². The lowest BCUT2D eigenvalue weighted by Gasteiger charge is -2.15. The molecule has 4 nitrogen and oxygen atoms in total. The van der Waals surface area contributed by atoms with Gasteiger partial charge in [0.15, 0.2) is 0 Å². The SMILES string of the molecule is CCCCCC(O)CCCC(CCCCC)S(=O)(=O)O. The zero-order valence-corrected chi connectivity index (χ0v) is 13.9. The van der Waals surface area contributed by atoms with Gasteiger partial charge >= 0.3 is 0 Å². The molecule has 0 aliphatic rings. The van der Waals surface area contributed by atoms with Crippen molar-refractivity contribution >= 4 is 10.1 Å². The predicted octanol–water partition coefficient (Wildman–Crippen LogP) is 3.93. The van der Waals surface area contributed by atoms with Gasteiger partial charge in [0, 0.05) is 0 Å². The van der Waals surface area contributed by atoms with Crippen LogP contribution in [0, 0.1) is 0 Å². The van der Waals surface area contributed by atoms with Crippen molar-refractivity contribution in [2.45, 2.75) is 95.8 Å². The third-order valence-electron chi connectivity index (χ3n) is 3.76. The molecule has 122 valence electrons. The number of hydrogen-bond donors (Lipinski definition) is 2. The average Bonchev–Trinajstić information content (AvgIpc) is 2.36. The van der Waals surface area contributed by atoms with E-state index < -0.39 is 15.4 Å². The molecule has 0 rings (SSSR count). The Kier molecular flexibility index (Phi) is 11.4. The minimum Gasteiger partial charge on any atom is -0.393 e. The average molecular weight is 308 g/mol. The highest BCUT2D eigenvalue weighted by atomic mass is 32.2. The van der Waals surface area contributed by atoms with E-state index in [1.165, 1.54) is 0 Å². The summed E-state index contributed by atoms with van der Waals surface area (Å²) < 4.78 is 31.8. The second kappa shape index (κ2) is 11.5. The van der Waals surface area contributed by atoms with Crippen LogP contribution in [0.25, 0.3) is 0 Å². The Balaban J connectivity index is 3.95. The Morgan fingerprint density at radius 1 is 0.800 bits per heavy atom. The molecule has 0 aromatic heterocycles. The molecule has 0 spiro atoms. The fraction of sp³-hybridized carbons (Fsp3) is 1.00. The second-order valence-electron chi connectivity index (χ2n) is 5.71. The second-order valence-corrected chi connectivity index (χ2v) is 7.41. The molecule has 2 atom stereocenters. The first-order chi connectivity index (χ1) is 9.41. The third-order valence-corrected chi connectivity index (χ3v) is 5.07. The molecule has 2 unspecified atom stereocenters. The molecule has 0 amide bonds. The van der Waals surface area contributed by atoms with Gasteiger partial charge in [-0.2, -0.15) is 8.42 Å². The van der Waals surface area contributed by atoms with E-state index in [0.717, 1.165) is 44.9 Å². The maximum atomic E-state index is 11.3. The molecule has 0 aliphatic heterocycles. The van der Waals surface area contributed by atoms with Crippen molar-refractivity contribution in [3.05, 3.63) is 0 Å². The summed E-state index contributed by atoms with van der Waals surface area (Å²) in [4.78, 5) is 0. The van der Waals surface area contributed by atoms with E-state index in [-0.39, 0.29) is 6.10 Å². The molecule has 0 aromatic rings. The van der Waals surface area contributed by atoms with Crippen molar-refractivity contribution in [3.63, 3.8) is 0 Å². The summed E-state index contributed by atoms with van der Waals surface area (Å²) in [6, 6.07) is 0. The van der Waals surface area contributed by atoms with Crippen LogP contribution in [-0.2, 0) is 10.1 Å². The lowest BCUT2D eigenvalue weighted by atomic mass is 10.0. The number of unbranched alkanes of at least 4 members (excludes halogenated alkanes) is 4. The quantitative estimate of drug-likeness (QED) is 0.399. The van der Waals surface area contributed by atoms with Crippen molar-refractivity contribution in [1.82, 2.24) is 0 Å². The number of rotatable bonds is 13. The van der Waals surface area contributed by atoms with E-state index in [0.29, 0.717) is 25.7 Å². The van der Waals surface area contributed by atoms with Crippen LogP contribution in [0.2, 0.25) is 0 Å². The Morgan fingerprint density at radius 3 is 1.75 bits per heavy atom. The number of aliphatic hydroxyl groups is 1. The van der Waals surface area contributed by atoms with Crippen molar-refractivity contribution in [1.29, 1.82) is 0 Å². The molecular formula is C15H32O4S. The maximum Gasteiger partial charge on any atom is 0.267 e. The van der Waals surface area contributed by atoms with Crippen LogP contribution in [0.4, 0.5) is 0 Å². The molecule has 0 fully saturated rings. The van der Waals surface area contributed by atoms with Crippen molar-refractivity contribution in [2.75, 3.05) is 0 Å². The largest absolute Gasteiger partial charge is 0.393 e. The Hall–Kier alpha value is -0.130. The third kappa shape index (κ3) is 10.6. The zero-order valence-electron chi connectivity index (χ0n) is 13.1. The van der Waals surface area contributed by atoms with E-state index >= 15 is 0 Å².